The highest BCUT2D eigenvalue weighted by Crippen LogP contribution is 2.21. The predicted octanol–water partition coefficient (Wildman–Crippen LogP) is 3.73. The van der Waals surface area contributed by atoms with Crippen LogP contribution in [0.1, 0.15) is 17.2 Å². The molecule has 0 heterocycles. The Labute approximate surface area is 155 Å². The van der Waals surface area contributed by atoms with Crippen LogP contribution in [0.5, 0.6) is 0 Å². The summed E-state index contributed by atoms with van der Waals surface area (Å²) < 4.78 is 28.3. The van der Waals surface area contributed by atoms with Crippen molar-refractivity contribution in [2.24, 2.45) is 0 Å². The van der Waals surface area contributed by atoms with E-state index in [9.17, 15) is 8.42 Å². The molecule has 3 aromatic carbocycles. The van der Waals surface area contributed by atoms with E-state index in [1.165, 1.54) is 5.56 Å². The molecule has 26 heavy (non-hydrogen) atoms. The second-order valence-corrected chi connectivity index (χ2v) is 8.52. The van der Waals surface area contributed by atoms with E-state index in [1.807, 2.05) is 80.5 Å². The second kappa shape index (κ2) is 7.58. The highest BCUT2D eigenvalue weighted by Gasteiger charge is 2.20. The van der Waals surface area contributed by atoms with Crippen LogP contribution in [0, 0.1) is 6.92 Å². The molecule has 0 aromatic heterocycles. The maximum atomic E-state index is 12.8. The highest BCUT2D eigenvalue weighted by atomic mass is 32.2. The summed E-state index contributed by atoms with van der Waals surface area (Å²) in [7, 11) is 0.333. The molecule has 0 saturated carbocycles. The van der Waals surface area contributed by atoms with Crippen molar-refractivity contribution in [1.29, 1.82) is 0 Å². The third-order valence-electron chi connectivity index (χ3n) is 4.58. The molecule has 0 amide bonds. The van der Waals surface area contributed by atoms with Gasteiger partial charge in [0.25, 0.3) is 0 Å². The third-order valence-corrected chi connectivity index (χ3v) is 6.00. The minimum absolute atomic E-state index is 0.0363. The van der Waals surface area contributed by atoms with Crippen molar-refractivity contribution >= 4 is 20.8 Å². The van der Waals surface area contributed by atoms with E-state index in [-0.39, 0.29) is 10.9 Å². The van der Waals surface area contributed by atoms with Gasteiger partial charge in [-0.25, -0.2) is 13.1 Å². The highest BCUT2D eigenvalue weighted by molar-refractivity contribution is 7.89. The standard InChI is InChI=1S/C21H24N2O2S/c1-16-8-10-18(11-9-16)21(23(2)3)15-22-26(24,25)20-13-12-17-6-4-5-7-19(17)14-20/h4-14,21-22H,15H2,1-3H3/t21-/m1/s1. The first-order chi connectivity index (χ1) is 12.4. The molecule has 0 fully saturated rings. The molecule has 0 saturated heterocycles. The second-order valence-electron chi connectivity index (χ2n) is 6.75. The first-order valence-corrected chi connectivity index (χ1v) is 10.1. The zero-order valence-electron chi connectivity index (χ0n) is 15.3. The van der Waals surface area contributed by atoms with Crippen LogP contribution in [-0.4, -0.2) is 34.0 Å². The summed E-state index contributed by atoms with van der Waals surface area (Å²) in [6.45, 7) is 2.35. The lowest BCUT2D eigenvalue weighted by atomic mass is 10.0. The van der Waals surface area contributed by atoms with E-state index >= 15 is 0 Å². The molecule has 1 N–H and O–H groups in total. The first kappa shape index (κ1) is 18.6. The minimum atomic E-state index is -3.57. The lowest BCUT2D eigenvalue weighted by Crippen LogP contribution is -2.34. The summed E-state index contributed by atoms with van der Waals surface area (Å²) in [4.78, 5) is 2.31. The SMILES string of the molecule is Cc1ccc([C@@H](CNS(=O)(=O)c2ccc3ccccc3c2)N(C)C)cc1. The van der Waals surface area contributed by atoms with Crippen molar-refractivity contribution in [2.45, 2.75) is 17.9 Å². The van der Waals surface area contributed by atoms with Crippen LogP contribution in [0.4, 0.5) is 0 Å². The molecule has 0 bridgehead atoms. The van der Waals surface area contributed by atoms with Gasteiger partial charge in [-0.2, -0.15) is 0 Å². The van der Waals surface area contributed by atoms with E-state index < -0.39 is 10.0 Å². The zero-order valence-corrected chi connectivity index (χ0v) is 16.1. The molecule has 0 aliphatic carbocycles. The Morgan fingerprint density at radius 1 is 0.923 bits per heavy atom. The van der Waals surface area contributed by atoms with E-state index in [1.54, 1.807) is 12.1 Å². The molecule has 3 aromatic rings. The van der Waals surface area contributed by atoms with Gasteiger partial charge in [-0.1, -0.05) is 60.2 Å². The van der Waals surface area contributed by atoms with Gasteiger partial charge in [-0.3, -0.25) is 0 Å². The molecule has 3 rings (SSSR count). The van der Waals surface area contributed by atoms with Crippen molar-refractivity contribution in [3.63, 3.8) is 0 Å². The Kier molecular flexibility index (Phi) is 5.41. The number of likely N-dealkylation sites (N-methyl/N-ethyl adjacent to an activating group) is 1. The first-order valence-electron chi connectivity index (χ1n) is 8.58. The van der Waals surface area contributed by atoms with Gasteiger partial charge in [0, 0.05) is 12.6 Å². The Morgan fingerprint density at radius 2 is 1.58 bits per heavy atom. The number of aryl methyl sites for hydroxylation is 1. The fourth-order valence-corrected chi connectivity index (χ4v) is 4.07. The Hall–Kier alpha value is -2.21. The number of nitrogens with zero attached hydrogens (tertiary/aromatic N) is 1. The van der Waals surface area contributed by atoms with Crippen molar-refractivity contribution in [1.82, 2.24) is 9.62 Å². The molecular formula is C21H24N2O2S. The van der Waals surface area contributed by atoms with Crippen LogP contribution in [0.15, 0.2) is 71.6 Å². The zero-order chi connectivity index (χ0) is 18.7. The molecule has 4 nitrogen and oxygen atoms in total. The number of fused-ring (bicyclic) bond motifs is 1. The van der Waals surface area contributed by atoms with E-state index in [0.29, 0.717) is 6.54 Å². The Morgan fingerprint density at radius 3 is 2.23 bits per heavy atom. The van der Waals surface area contributed by atoms with Gasteiger partial charge in [0.2, 0.25) is 10.0 Å². The number of sulfonamides is 1. The Balaban J connectivity index is 1.81. The third kappa shape index (κ3) is 4.12. The van der Waals surface area contributed by atoms with Crippen LogP contribution in [0.3, 0.4) is 0 Å². The lowest BCUT2D eigenvalue weighted by Gasteiger charge is -2.25. The lowest BCUT2D eigenvalue weighted by molar-refractivity contribution is 0.299. The monoisotopic (exact) mass is 368 g/mol. The molecule has 0 unspecified atom stereocenters. The summed E-state index contributed by atoms with van der Waals surface area (Å²) in [5.74, 6) is 0. The molecular weight excluding hydrogens is 344 g/mol. The van der Waals surface area contributed by atoms with Crippen LogP contribution in [0.25, 0.3) is 10.8 Å². The maximum absolute atomic E-state index is 12.8. The van der Waals surface area contributed by atoms with Crippen molar-refractivity contribution in [2.75, 3.05) is 20.6 Å². The molecule has 0 radical (unpaired) electrons. The van der Waals surface area contributed by atoms with E-state index in [4.69, 9.17) is 0 Å². The van der Waals surface area contributed by atoms with Gasteiger partial charge in [-0.05, 0) is 49.5 Å². The fourth-order valence-electron chi connectivity index (χ4n) is 2.99. The van der Waals surface area contributed by atoms with E-state index in [0.717, 1.165) is 16.3 Å². The van der Waals surface area contributed by atoms with Gasteiger partial charge >= 0.3 is 0 Å². The summed E-state index contributed by atoms with van der Waals surface area (Å²) >= 11 is 0. The van der Waals surface area contributed by atoms with Crippen LogP contribution in [0.2, 0.25) is 0 Å². The topological polar surface area (TPSA) is 49.4 Å². The van der Waals surface area contributed by atoms with Gasteiger partial charge in [0.1, 0.15) is 0 Å². The van der Waals surface area contributed by atoms with Gasteiger partial charge in [-0.15, -0.1) is 0 Å². The normalized spacial score (nSPS) is 13.2. The average molecular weight is 369 g/mol. The number of benzene rings is 3. The predicted molar refractivity (Wildman–Crippen MR) is 107 cm³/mol. The fraction of sp³-hybridized carbons (Fsp3) is 0.238. The molecule has 0 aliphatic rings. The number of hydrogen-bond donors (Lipinski definition) is 1. The number of rotatable bonds is 6. The maximum Gasteiger partial charge on any atom is 0.240 e. The van der Waals surface area contributed by atoms with Crippen molar-refractivity contribution in [3.8, 4) is 0 Å². The smallest absolute Gasteiger partial charge is 0.240 e. The number of hydrogen-bond acceptors (Lipinski definition) is 3. The van der Waals surface area contributed by atoms with Gasteiger partial charge in [0.05, 0.1) is 4.90 Å². The van der Waals surface area contributed by atoms with Crippen LogP contribution < -0.4 is 4.72 Å². The molecule has 1 atom stereocenters. The summed E-state index contributed by atoms with van der Waals surface area (Å²) in [6, 6.07) is 21.1. The van der Waals surface area contributed by atoms with Crippen LogP contribution >= 0.6 is 0 Å². The van der Waals surface area contributed by atoms with Crippen molar-refractivity contribution in [3.05, 3.63) is 77.9 Å². The van der Waals surface area contributed by atoms with Gasteiger partial charge < -0.3 is 4.90 Å². The molecule has 0 aliphatic heterocycles. The molecule has 5 heteroatoms. The molecule has 0 spiro atoms. The average Bonchev–Trinajstić information content (AvgIpc) is 2.62. The summed E-state index contributed by atoms with van der Waals surface area (Å²) in [5, 5.41) is 1.94. The minimum Gasteiger partial charge on any atom is -0.301 e. The molecule has 136 valence electrons. The summed E-state index contributed by atoms with van der Waals surface area (Å²) in [6.07, 6.45) is 0. The largest absolute Gasteiger partial charge is 0.301 e. The van der Waals surface area contributed by atoms with Gasteiger partial charge in [0.15, 0.2) is 0 Å². The number of nitrogens with one attached hydrogen (secondary N) is 1. The quantitative estimate of drug-likeness (QED) is 0.721. The van der Waals surface area contributed by atoms with Crippen LogP contribution in [-0.2, 0) is 10.0 Å². The van der Waals surface area contributed by atoms with E-state index in [2.05, 4.69) is 4.72 Å². The van der Waals surface area contributed by atoms with Crippen molar-refractivity contribution < 1.29 is 8.42 Å². The summed E-state index contributed by atoms with van der Waals surface area (Å²) in [5.41, 5.74) is 2.27. The Bertz CT molecular complexity index is 996.